The number of benzene rings is 1. The number of hydrogen-bond donors (Lipinski definition) is 1. The molecule has 0 spiro atoms. The van der Waals surface area contributed by atoms with Gasteiger partial charge in [0.15, 0.2) is 0 Å². The summed E-state index contributed by atoms with van der Waals surface area (Å²) < 4.78 is 0.964. The van der Waals surface area contributed by atoms with E-state index in [1.54, 1.807) is 12.3 Å². The van der Waals surface area contributed by atoms with Gasteiger partial charge in [-0.15, -0.1) is 0 Å². The van der Waals surface area contributed by atoms with E-state index < -0.39 is 0 Å². The zero-order valence-electron chi connectivity index (χ0n) is 7.08. The molecule has 0 bridgehead atoms. The molecule has 0 atom stereocenters. The van der Waals surface area contributed by atoms with Crippen molar-refractivity contribution in [2.75, 3.05) is 0 Å². The number of rotatable bonds is 0. The van der Waals surface area contributed by atoms with Gasteiger partial charge in [-0.2, -0.15) is 0 Å². The highest BCUT2D eigenvalue weighted by atomic mass is 79.9. The molecule has 1 aromatic heterocycles. The lowest BCUT2D eigenvalue weighted by Gasteiger charge is -2.04. The summed E-state index contributed by atoms with van der Waals surface area (Å²) in [6.45, 7) is 1.99. The first-order chi connectivity index (χ1) is 6.20. The number of halogens is 1. The molecule has 0 amide bonds. The summed E-state index contributed by atoms with van der Waals surface area (Å²) in [5, 5.41) is 10.5. The van der Waals surface area contributed by atoms with Crippen molar-refractivity contribution in [3.63, 3.8) is 0 Å². The SMILES string of the molecule is Cc1c(Br)cnc2c(O)cccc12. The molecule has 2 rings (SSSR count). The van der Waals surface area contributed by atoms with Gasteiger partial charge in [-0.1, -0.05) is 12.1 Å². The zero-order valence-corrected chi connectivity index (χ0v) is 8.67. The summed E-state index contributed by atoms with van der Waals surface area (Å²) >= 11 is 3.40. The fraction of sp³-hybridized carbons (Fsp3) is 0.100. The van der Waals surface area contributed by atoms with Crippen LogP contribution in [0.1, 0.15) is 5.56 Å². The van der Waals surface area contributed by atoms with Crippen LogP contribution in [0.4, 0.5) is 0 Å². The van der Waals surface area contributed by atoms with Crippen LogP contribution in [-0.4, -0.2) is 10.1 Å². The fourth-order valence-corrected chi connectivity index (χ4v) is 1.63. The monoisotopic (exact) mass is 237 g/mol. The number of phenolic OH excluding ortho intramolecular Hbond substituents is 1. The molecular formula is C10H8BrNO. The van der Waals surface area contributed by atoms with Gasteiger partial charge in [-0.3, -0.25) is 4.98 Å². The van der Waals surface area contributed by atoms with E-state index in [2.05, 4.69) is 20.9 Å². The standard InChI is InChI=1S/C10H8BrNO/c1-6-7-3-2-4-9(13)10(7)12-5-8(6)11/h2-5,13H,1H3. The number of hydrogen-bond acceptors (Lipinski definition) is 2. The van der Waals surface area contributed by atoms with E-state index in [-0.39, 0.29) is 5.75 Å². The average Bonchev–Trinajstić information content (AvgIpc) is 2.12. The Balaban J connectivity index is 2.94. The molecule has 0 fully saturated rings. The van der Waals surface area contributed by atoms with Gasteiger partial charge in [0.2, 0.25) is 0 Å². The lowest BCUT2D eigenvalue weighted by Crippen LogP contribution is -1.84. The van der Waals surface area contributed by atoms with E-state index >= 15 is 0 Å². The molecule has 66 valence electrons. The van der Waals surface area contributed by atoms with Crippen LogP contribution in [0.15, 0.2) is 28.9 Å². The highest BCUT2D eigenvalue weighted by Crippen LogP contribution is 2.28. The van der Waals surface area contributed by atoms with E-state index in [0.717, 1.165) is 15.4 Å². The molecule has 0 aliphatic carbocycles. The summed E-state index contributed by atoms with van der Waals surface area (Å²) in [5.41, 5.74) is 1.75. The predicted molar refractivity (Wildman–Crippen MR) is 55.8 cm³/mol. The first-order valence-corrected chi connectivity index (χ1v) is 4.72. The Morgan fingerprint density at radius 1 is 1.38 bits per heavy atom. The zero-order chi connectivity index (χ0) is 9.42. The Labute approximate surface area is 84.4 Å². The molecule has 0 saturated carbocycles. The maximum absolute atomic E-state index is 9.51. The first-order valence-electron chi connectivity index (χ1n) is 3.93. The quantitative estimate of drug-likeness (QED) is 0.765. The van der Waals surface area contributed by atoms with Crippen LogP contribution in [0.25, 0.3) is 10.9 Å². The second-order valence-electron chi connectivity index (χ2n) is 2.90. The third-order valence-electron chi connectivity index (χ3n) is 2.08. The molecular weight excluding hydrogens is 230 g/mol. The Kier molecular flexibility index (Phi) is 1.96. The van der Waals surface area contributed by atoms with E-state index in [1.807, 2.05) is 19.1 Å². The Morgan fingerprint density at radius 2 is 2.15 bits per heavy atom. The summed E-state index contributed by atoms with van der Waals surface area (Å²) in [6.07, 6.45) is 1.71. The van der Waals surface area contributed by atoms with Crippen molar-refractivity contribution in [1.29, 1.82) is 0 Å². The predicted octanol–water partition coefficient (Wildman–Crippen LogP) is 3.01. The van der Waals surface area contributed by atoms with E-state index in [9.17, 15) is 5.11 Å². The Hall–Kier alpha value is -1.09. The molecule has 2 nitrogen and oxygen atoms in total. The molecule has 1 aromatic carbocycles. The summed E-state index contributed by atoms with van der Waals surface area (Å²) in [4.78, 5) is 4.14. The number of fused-ring (bicyclic) bond motifs is 1. The minimum absolute atomic E-state index is 0.230. The third-order valence-corrected chi connectivity index (χ3v) is 2.88. The van der Waals surface area contributed by atoms with Gasteiger partial charge in [-0.05, 0) is 34.5 Å². The van der Waals surface area contributed by atoms with Crippen molar-refractivity contribution in [2.24, 2.45) is 0 Å². The Morgan fingerprint density at radius 3 is 2.92 bits per heavy atom. The molecule has 0 aliphatic heterocycles. The number of phenols is 1. The highest BCUT2D eigenvalue weighted by Gasteiger charge is 2.04. The average molecular weight is 238 g/mol. The van der Waals surface area contributed by atoms with Crippen LogP contribution in [0.3, 0.4) is 0 Å². The van der Waals surface area contributed by atoms with Crippen LogP contribution in [0, 0.1) is 6.92 Å². The van der Waals surface area contributed by atoms with Crippen molar-refractivity contribution in [3.05, 3.63) is 34.4 Å². The summed E-state index contributed by atoms with van der Waals surface area (Å²) in [5.74, 6) is 0.230. The fourth-order valence-electron chi connectivity index (χ4n) is 1.32. The van der Waals surface area contributed by atoms with Gasteiger partial charge in [0, 0.05) is 16.1 Å². The minimum Gasteiger partial charge on any atom is -0.506 e. The van der Waals surface area contributed by atoms with E-state index in [0.29, 0.717) is 5.52 Å². The van der Waals surface area contributed by atoms with Crippen molar-refractivity contribution < 1.29 is 5.11 Å². The number of aryl methyl sites for hydroxylation is 1. The summed E-state index contributed by atoms with van der Waals surface area (Å²) in [7, 11) is 0. The normalized spacial score (nSPS) is 10.6. The number of pyridine rings is 1. The highest BCUT2D eigenvalue weighted by molar-refractivity contribution is 9.10. The van der Waals surface area contributed by atoms with Gasteiger partial charge in [0.25, 0.3) is 0 Å². The number of nitrogens with zero attached hydrogens (tertiary/aromatic N) is 1. The van der Waals surface area contributed by atoms with Crippen molar-refractivity contribution in [1.82, 2.24) is 4.98 Å². The van der Waals surface area contributed by atoms with E-state index in [1.165, 1.54) is 0 Å². The van der Waals surface area contributed by atoms with Crippen LogP contribution in [-0.2, 0) is 0 Å². The van der Waals surface area contributed by atoms with Crippen LogP contribution >= 0.6 is 15.9 Å². The van der Waals surface area contributed by atoms with Gasteiger partial charge in [-0.25, -0.2) is 0 Å². The topological polar surface area (TPSA) is 33.1 Å². The maximum Gasteiger partial charge on any atom is 0.141 e. The number of para-hydroxylation sites is 1. The smallest absolute Gasteiger partial charge is 0.141 e. The van der Waals surface area contributed by atoms with Gasteiger partial charge in [0.05, 0.1) is 0 Å². The molecule has 1 heterocycles. The molecule has 1 N–H and O–H groups in total. The molecule has 13 heavy (non-hydrogen) atoms. The molecule has 2 aromatic rings. The lowest BCUT2D eigenvalue weighted by atomic mass is 10.1. The molecule has 0 radical (unpaired) electrons. The van der Waals surface area contributed by atoms with Crippen molar-refractivity contribution in [2.45, 2.75) is 6.92 Å². The first kappa shape index (κ1) is 8.51. The lowest BCUT2D eigenvalue weighted by molar-refractivity contribution is 0.480. The van der Waals surface area contributed by atoms with Crippen LogP contribution in [0.5, 0.6) is 5.75 Å². The maximum atomic E-state index is 9.51. The number of aromatic nitrogens is 1. The molecule has 0 saturated heterocycles. The minimum atomic E-state index is 0.230. The van der Waals surface area contributed by atoms with Crippen LogP contribution < -0.4 is 0 Å². The molecule has 3 heteroatoms. The van der Waals surface area contributed by atoms with Crippen LogP contribution in [0.2, 0.25) is 0 Å². The van der Waals surface area contributed by atoms with Crippen molar-refractivity contribution in [3.8, 4) is 5.75 Å². The Bertz CT molecular complexity index is 468. The van der Waals surface area contributed by atoms with E-state index in [4.69, 9.17) is 0 Å². The second-order valence-corrected chi connectivity index (χ2v) is 3.76. The third kappa shape index (κ3) is 1.29. The van der Waals surface area contributed by atoms with Gasteiger partial charge >= 0.3 is 0 Å². The molecule has 0 unspecified atom stereocenters. The van der Waals surface area contributed by atoms with Gasteiger partial charge < -0.3 is 5.11 Å². The van der Waals surface area contributed by atoms with Gasteiger partial charge in [0.1, 0.15) is 11.3 Å². The van der Waals surface area contributed by atoms with Crippen molar-refractivity contribution >= 4 is 26.8 Å². The largest absolute Gasteiger partial charge is 0.506 e. The number of aromatic hydroxyl groups is 1. The summed E-state index contributed by atoms with van der Waals surface area (Å²) in [6, 6.07) is 5.41. The molecule has 0 aliphatic rings. The second kappa shape index (κ2) is 3.00.